The lowest BCUT2D eigenvalue weighted by Crippen LogP contribution is -2.41. The lowest BCUT2D eigenvalue weighted by molar-refractivity contribution is -0.254. The second kappa shape index (κ2) is 4.08. The van der Waals surface area contributed by atoms with Crippen molar-refractivity contribution in [1.29, 1.82) is 0 Å². The molecule has 1 saturated heterocycles. The van der Waals surface area contributed by atoms with Crippen molar-refractivity contribution < 1.29 is 19.2 Å². The second-order valence-electron chi connectivity index (χ2n) is 5.52. The van der Waals surface area contributed by atoms with Gasteiger partial charge in [0, 0.05) is 0 Å². The summed E-state index contributed by atoms with van der Waals surface area (Å²) in [5, 5.41) is 12.7. The van der Waals surface area contributed by atoms with Gasteiger partial charge >= 0.3 is 7.12 Å². The Hall–Kier alpha value is -0.845. The lowest BCUT2D eigenvalue weighted by Gasteiger charge is -2.32. The van der Waals surface area contributed by atoms with E-state index in [-0.39, 0.29) is 4.88 Å². The number of thiophene rings is 1. The molecule has 0 atom stereocenters. The third-order valence-corrected chi connectivity index (χ3v) is 4.85. The highest BCUT2D eigenvalue weighted by Gasteiger charge is 2.52. The first-order valence-corrected chi connectivity index (χ1v) is 6.68. The Balaban J connectivity index is 2.33. The van der Waals surface area contributed by atoms with Crippen molar-refractivity contribution in [2.75, 3.05) is 0 Å². The minimum absolute atomic E-state index is 0.236. The van der Waals surface area contributed by atoms with E-state index in [1.807, 2.05) is 27.7 Å². The van der Waals surface area contributed by atoms with Crippen LogP contribution < -0.4 is 10.6 Å². The van der Waals surface area contributed by atoms with Gasteiger partial charge in [0.05, 0.1) is 22.0 Å². The fourth-order valence-electron chi connectivity index (χ4n) is 1.83. The van der Waals surface area contributed by atoms with E-state index in [1.54, 1.807) is 12.3 Å². The van der Waals surface area contributed by atoms with Crippen LogP contribution in [0.4, 0.5) is 0 Å². The van der Waals surface area contributed by atoms with E-state index >= 15 is 0 Å². The minimum Gasteiger partial charge on any atom is -0.544 e. The Morgan fingerprint density at radius 1 is 1.28 bits per heavy atom. The molecule has 0 unspecified atom stereocenters. The van der Waals surface area contributed by atoms with E-state index in [4.69, 9.17) is 9.31 Å². The SMILES string of the molecule is Cc1c(B2OC(C)(C)C(C)(C)O2)csc1C(=O)[O-]. The summed E-state index contributed by atoms with van der Waals surface area (Å²) in [7, 11) is -0.514. The average molecular weight is 267 g/mol. The summed E-state index contributed by atoms with van der Waals surface area (Å²) < 4.78 is 11.8. The van der Waals surface area contributed by atoms with Crippen LogP contribution >= 0.6 is 11.3 Å². The number of carboxylic acids is 1. The van der Waals surface area contributed by atoms with Gasteiger partial charge in [-0.15, -0.1) is 11.3 Å². The number of aromatic carboxylic acids is 1. The zero-order chi connectivity index (χ0) is 13.7. The van der Waals surface area contributed by atoms with Crippen LogP contribution in [-0.4, -0.2) is 24.3 Å². The molecule has 1 aromatic rings. The van der Waals surface area contributed by atoms with E-state index in [2.05, 4.69) is 0 Å². The van der Waals surface area contributed by atoms with Gasteiger partial charge in [0.1, 0.15) is 0 Å². The summed E-state index contributed by atoms with van der Waals surface area (Å²) in [6, 6.07) is 0. The van der Waals surface area contributed by atoms with Crippen LogP contribution in [0.2, 0.25) is 0 Å². The van der Waals surface area contributed by atoms with Crippen LogP contribution in [0.15, 0.2) is 5.38 Å². The van der Waals surface area contributed by atoms with Gasteiger partial charge in [0.2, 0.25) is 0 Å². The Bertz CT molecular complexity index is 476. The van der Waals surface area contributed by atoms with Crippen molar-refractivity contribution in [3.8, 4) is 0 Å². The number of carboxylic acid groups (broad SMARTS) is 1. The molecule has 0 N–H and O–H groups in total. The Labute approximate surface area is 111 Å². The summed E-state index contributed by atoms with van der Waals surface area (Å²) in [5.41, 5.74) is 0.595. The van der Waals surface area contributed by atoms with Crippen molar-refractivity contribution in [2.24, 2.45) is 0 Å². The lowest BCUT2D eigenvalue weighted by atomic mass is 9.78. The van der Waals surface area contributed by atoms with Crippen LogP contribution in [0.5, 0.6) is 0 Å². The molecule has 0 aromatic carbocycles. The van der Waals surface area contributed by atoms with Crippen molar-refractivity contribution in [3.05, 3.63) is 15.8 Å². The second-order valence-corrected chi connectivity index (χ2v) is 6.40. The average Bonchev–Trinajstić information content (AvgIpc) is 2.66. The highest BCUT2D eigenvalue weighted by Crippen LogP contribution is 2.37. The van der Waals surface area contributed by atoms with Crippen LogP contribution in [0.3, 0.4) is 0 Å². The number of hydrogen-bond acceptors (Lipinski definition) is 5. The highest BCUT2D eigenvalue weighted by atomic mass is 32.1. The number of rotatable bonds is 2. The maximum Gasteiger partial charge on any atom is 0.495 e. The molecule has 0 saturated carbocycles. The molecule has 1 aromatic heterocycles. The summed E-state index contributed by atoms with van der Waals surface area (Å²) in [5.74, 6) is -1.15. The van der Waals surface area contributed by atoms with Crippen LogP contribution in [0, 0.1) is 6.92 Å². The molecule has 1 aliphatic rings. The zero-order valence-electron chi connectivity index (χ0n) is 11.2. The molecule has 0 bridgehead atoms. The van der Waals surface area contributed by atoms with Crippen molar-refractivity contribution >= 4 is 29.9 Å². The van der Waals surface area contributed by atoms with Gasteiger partial charge in [-0.2, -0.15) is 0 Å². The predicted molar refractivity (Wildman–Crippen MR) is 69.1 cm³/mol. The molecule has 2 heterocycles. The molecule has 0 spiro atoms. The number of carbonyl (C=O) groups is 1. The molecular weight excluding hydrogens is 251 g/mol. The first-order valence-electron chi connectivity index (χ1n) is 5.81. The van der Waals surface area contributed by atoms with E-state index in [1.165, 1.54) is 0 Å². The van der Waals surface area contributed by atoms with Crippen LogP contribution in [0.25, 0.3) is 0 Å². The fraction of sp³-hybridized carbons (Fsp3) is 0.583. The summed E-state index contributed by atoms with van der Waals surface area (Å²) in [4.78, 5) is 11.2. The summed E-state index contributed by atoms with van der Waals surface area (Å²) in [6.07, 6.45) is 0. The fourth-order valence-corrected chi connectivity index (χ4v) is 2.76. The summed E-state index contributed by atoms with van der Waals surface area (Å²) >= 11 is 1.15. The maximum absolute atomic E-state index is 10.9. The molecule has 0 amide bonds. The van der Waals surface area contributed by atoms with Crippen LogP contribution in [0.1, 0.15) is 42.9 Å². The molecular formula is C12H16BO4S-. The topological polar surface area (TPSA) is 58.6 Å². The molecule has 6 heteroatoms. The van der Waals surface area contributed by atoms with Gasteiger partial charge in [0.15, 0.2) is 0 Å². The molecule has 2 rings (SSSR count). The standard InChI is InChI=1S/C12H17BO4S/c1-7-8(6-18-9(7)10(14)15)13-16-11(2,3)12(4,5)17-13/h6H,1-5H3,(H,14,15)/p-1. The molecule has 1 aliphatic heterocycles. The molecule has 1 fully saturated rings. The highest BCUT2D eigenvalue weighted by molar-refractivity contribution is 7.13. The van der Waals surface area contributed by atoms with Gasteiger partial charge in [0.25, 0.3) is 0 Å². The smallest absolute Gasteiger partial charge is 0.495 e. The molecule has 98 valence electrons. The Morgan fingerprint density at radius 2 is 1.78 bits per heavy atom. The quantitative estimate of drug-likeness (QED) is 0.741. The largest absolute Gasteiger partial charge is 0.544 e. The predicted octanol–water partition coefficient (Wildman–Crippen LogP) is 0.719. The van der Waals surface area contributed by atoms with Gasteiger partial charge in [-0.1, -0.05) is 0 Å². The summed E-state index contributed by atoms with van der Waals surface area (Å²) in [6.45, 7) is 9.62. The minimum atomic E-state index is -1.15. The number of carbonyl (C=O) groups excluding carboxylic acids is 1. The number of hydrogen-bond donors (Lipinski definition) is 0. The first-order chi connectivity index (χ1) is 8.16. The monoisotopic (exact) mass is 267 g/mol. The van der Waals surface area contributed by atoms with Crippen molar-refractivity contribution in [3.63, 3.8) is 0 Å². The van der Waals surface area contributed by atoms with Gasteiger partial charge in [-0.3, -0.25) is 0 Å². The first kappa shape index (κ1) is 13.6. The normalized spacial score (nSPS) is 21.3. The Kier molecular flexibility index (Phi) is 3.08. The van der Waals surface area contributed by atoms with Crippen LogP contribution in [-0.2, 0) is 9.31 Å². The molecule has 18 heavy (non-hydrogen) atoms. The van der Waals surface area contributed by atoms with Crippen molar-refractivity contribution in [2.45, 2.75) is 45.8 Å². The van der Waals surface area contributed by atoms with E-state index < -0.39 is 24.3 Å². The van der Waals surface area contributed by atoms with E-state index in [0.717, 1.165) is 16.8 Å². The Morgan fingerprint density at radius 3 is 2.17 bits per heavy atom. The van der Waals surface area contributed by atoms with Crippen molar-refractivity contribution in [1.82, 2.24) is 0 Å². The van der Waals surface area contributed by atoms with Gasteiger partial charge < -0.3 is 19.2 Å². The molecule has 0 aliphatic carbocycles. The van der Waals surface area contributed by atoms with E-state index in [9.17, 15) is 9.90 Å². The third kappa shape index (κ3) is 1.98. The van der Waals surface area contributed by atoms with Gasteiger partial charge in [-0.05, 0) is 51.0 Å². The third-order valence-electron chi connectivity index (χ3n) is 3.77. The molecule has 4 nitrogen and oxygen atoms in total. The van der Waals surface area contributed by atoms with E-state index in [0.29, 0.717) is 5.56 Å². The van der Waals surface area contributed by atoms with Gasteiger partial charge in [-0.25, -0.2) is 0 Å². The maximum atomic E-state index is 10.9. The molecule has 0 radical (unpaired) electrons. The zero-order valence-corrected chi connectivity index (χ0v) is 12.0.